The molecular formula is C12H13Cl2N3O. The molecule has 2 N–H and O–H groups in total. The standard InChI is InChI=1S/C12H13Cl2N3O/c1-12(2,3)11-16-10(18-17-11)6-4-7(13)9(15)8(14)5-6/h4-5H,15H2,1-3H3. The van der Waals surface area contributed by atoms with Crippen LogP contribution >= 0.6 is 23.2 Å². The monoisotopic (exact) mass is 285 g/mol. The molecule has 0 aliphatic rings. The Morgan fingerprint density at radius 3 is 2.17 bits per heavy atom. The number of rotatable bonds is 1. The maximum Gasteiger partial charge on any atom is 0.258 e. The fraction of sp³-hybridized carbons (Fsp3) is 0.333. The highest BCUT2D eigenvalue weighted by atomic mass is 35.5. The number of halogens is 2. The van der Waals surface area contributed by atoms with Crippen molar-refractivity contribution < 1.29 is 4.52 Å². The van der Waals surface area contributed by atoms with Gasteiger partial charge in [0, 0.05) is 11.0 Å². The second-order valence-electron chi connectivity index (χ2n) is 5.03. The summed E-state index contributed by atoms with van der Waals surface area (Å²) in [5.41, 5.74) is 6.50. The summed E-state index contributed by atoms with van der Waals surface area (Å²) in [4.78, 5) is 4.33. The number of anilines is 1. The lowest BCUT2D eigenvalue weighted by molar-refractivity contribution is 0.402. The Kier molecular flexibility index (Phi) is 3.25. The van der Waals surface area contributed by atoms with Crippen LogP contribution in [0.3, 0.4) is 0 Å². The Morgan fingerprint density at radius 1 is 1.17 bits per heavy atom. The predicted molar refractivity (Wildman–Crippen MR) is 72.9 cm³/mol. The van der Waals surface area contributed by atoms with Crippen LogP contribution in [0, 0.1) is 0 Å². The molecule has 0 saturated carbocycles. The molecule has 0 atom stereocenters. The molecule has 0 aliphatic carbocycles. The number of nitrogens with zero attached hydrogens (tertiary/aromatic N) is 2. The first-order valence-corrected chi connectivity index (χ1v) is 6.13. The second kappa shape index (κ2) is 4.44. The molecule has 1 aromatic heterocycles. The molecule has 0 amide bonds. The van der Waals surface area contributed by atoms with Gasteiger partial charge in [0.25, 0.3) is 5.89 Å². The van der Waals surface area contributed by atoms with E-state index in [1.807, 2.05) is 20.8 Å². The van der Waals surface area contributed by atoms with E-state index in [0.29, 0.717) is 33.0 Å². The molecule has 1 heterocycles. The van der Waals surface area contributed by atoms with Crippen molar-refractivity contribution in [2.24, 2.45) is 0 Å². The highest BCUT2D eigenvalue weighted by molar-refractivity contribution is 6.39. The largest absolute Gasteiger partial charge is 0.396 e. The first-order chi connectivity index (χ1) is 8.29. The van der Waals surface area contributed by atoms with Crippen molar-refractivity contribution in [3.05, 3.63) is 28.0 Å². The summed E-state index contributed by atoms with van der Waals surface area (Å²) in [6, 6.07) is 3.31. The van der Waals surface area contributed by atoms with Gasteiger partial charge >= 0.3 is 0 Å². The van der Waals surface area contributed by atoms with E-state index in [9.17, 15) is 0 Å². The van der Waals surface area contributed by atoms with Crippen molar-refractivity contribution in [3.63, 3.8) is 0 Å². The van der Waals surface area contributed by atoms with Gasteiger partial charge in [-0.1, -0.05) is 49.1 Å². The van der Waals surface area contributed by atoms with Gasteiger partial charge in [-0.15, -0.1) is 0 Å². The Labute approximate surface area is 115 Å². The lowest BCUT2D eigenvalue weighted by Crippen LogP contribution is -2.13. The van der Waals surface area contributed by atoms with Gasteiger partial charge in [0.2, 0.25) is 0 Å². The minimum atomic E-state index is -0.177. The van der Waals surface area contributed by atoms with E-state index in [-0.39, 0.29) is 5.41 Å². The van der Waals surface area contributed by atoms with E-state index in [1.165, 1.54) is 0 Å². The van der Waals surface area contributed by atoms with E-state index in [2.05, 4.69) is 10.1 Å². The fourth-order valence-electron chi connectivity index (χ4n) is 1.35. The first kappa shape index (κ1) is 13.2. The molecule has 0 radical (unpaired) electrons. The number of benzene rings is 1. The van der Waals surface area contributed by atoms with Crippen LogP contribution in [0.1, 0.15) is 26.6 Å². The minimum Gasteiger partial charge on any atom is -0.396 e. The fourth-order valence-corrected chi connectivity index (χ4v) is 1.84. The molecule has 6 heteroatoms. The number of hydrogen-bond donors (Lipinski definition) is 1. The van der Waals surface area contributed by atoms with E-state index < -0.39 is 0 Å². The van der Waals surface area contributed by atoms with E-state index in [4.69, 9.17) is 33.5 Å². The van der Waals surface area contributed by atoms with Crippen LogP contribution in [0.4, 0.5) is 5.69 Å². The van der Waals surface area contributed by atoms with E-state index in [1.54, 1.807) is 12.1 Å². The van der Waals surface area contributed by atoms with Gasteiger partial charge in [-0.2, -0.15) is 4.98 Å². The summed E-state index contributed by atoms with van der Waals surface area (Å²) in [5.74, 6) is 1.00. The number of nitrogens with two attached hydrogens (primary N) is 1. The van der Waals surface area contributed by atoms with E-state index >= 15 is 0 Å². The van der Waals surface area contributed by atoms with Crippen LogP contribution in [0.25, 0.3) is 11.5 Å². The third-order valence-electron chi connectivity index (χ3n) is 2.42. The zero-order valence-corrected chi connectivity index (χ0v) is 11.8. The molecule has 0 fully saturated rings. The average molecular weight is 286 g/mol. The summed E-state index contributed by atoms with van der Waals surface area (Å²) in [7, 11) is 0. The van der Waals surface area contributed by atoms with Gasteiger partial charge in [-0.25, -0.2) is 0 Å². The normalized spacial score (nSPS) is 11.8. The van der Waals surface area contributed by atoms with Crippen LogP contribution in [-0.2, 0) is 5.41 Å². The molecule has 4 nitrogen and oxygen atoms in total. The summed E-state index contributed by atoms with van der Waals surface area (Å²) in [6.07, 6.45) is 0. The lowest BCUT2D eigenvalue weighted by atomic mass is 9.96. The van der Waals surface area contributed by atoms with Crippen LogP contribution in [0.2, 0.25) is 10.0 Å². The first-order valence-electron chi connectivity index (χ1n) is 5.38. The Balaban J connectivity index is 2.47. The van der Waals surface area contributed by atoms with Crippen molar-refractivity contribution in [1.29, 1.82) is 0 Å². The van der Waals surface area contributed by atoms with Crippen LogP contribution in [-0.4, -0.2) is 10.1 Å². The van der Waals surface area contributed by atoms with E-state index in [0.717, 1.165) is 0 Å². The summed E-state index contributed by atoms with van der Waals surface area (Å²) in [6.45, 7) is 6.01. The number of aromatic nitrogens is 2. The molecule has 0 saturated heterocycles. The van der Waals surface area contributed by atoms with Crippen molar-refractivity contribution >= 4 is 28.9 Å². The predicted octanol–water partition coefficient (Wildman–Crippen LogP) is 3.92. The number of nitrogen functional groups attached to an aromatic ring is 1. The van der Waals surface area contributed by atoms with Gasteiger partial charge in [-0.05, 0) is 12.1 Å². The molecule has 2 aromatic rings. The molecule has 2 rings (SSSR count). The van der Waals surface area contributed by atoms with Gasteiger partial charge in [0.1, 0.15) is 0 Å². The molecular weight excluding hydrogens is 273 g/mol. The maximum absolute atomic E-state index is 5.97. The highest BCUT2D eigenvalue weighted by Crippen LogP contribution is 2.33. The summed E-state index contributed by atoms with van der Waals surface area (Å²) < 4.78 is 5.21. The van der Waals surface area contributed by atoms with Crippen LogP contribution in [0.5, 0.6) is 0 Å². The summed E-state index contributed by atoms with van der Waals surface area (Å²) in [5, 5.41) is 4.68. The molecule has 0 aliphatic heterocycles. The van der Waals surface area contributed by atoms with Crippen molar-refractivity contribution in [3.8, 4) is 11.5 Å². The van der Waals surface area contributed by atoms with Crippen LogP contribution in [0.15, 0.2) is 16.7 Å². The van der Waals surface area contributed by atoms with Gasteiger partial charge in [0.15, 0.2) is 5.82 Å². The number of hydrogen-bond acceptors (Lipinski definition) is 4. The molecule has 1 aromatic carbocycles. The molecule has 0 unspecified atom stereocenters. The smallest absolute Gasteiger partial charge is 0.258 e. The van der Waals surface area contributed by atoms with Crippen molar-refractivity contribution in [2.45, 2.75) is 26.2 Å². The third-order valence-corrected chi connectivity index (χ3v) is 3.05. The zero-order valence-electron chi connectivity index (χ0n) is 10.3. The van der Waals surface area contributed by atoms with Gasteiger partial charge < -0.3 is 10.3 Å². The topological polar surface area (TPSA) is 64.9 Å². The van der Waals surface area contributed by atoms with Crippen molar-refractivity contribution in [1.82, 2.24) is 10.1 Å². The second-order valence-corrected chi connectivity index (χ2v) is 5.84. The SMILES string of the molecule is CC(C)(C)c1noc(-c2cc(Cl)c(N)c(Cl)c2)n1. The van der Waals surface area contributed by atoms with Crippen LogP contribution < -0.4 is 5.73 Å². The molecule has 0 spiro atoms. The quantitative estimate of drug-likeness (QED) is 0.807. The molecule has 18 heavy (non-hydrogen) atoms. The third kappa shape index (κ3) is 2.44. The Morgan fingerprint density at radius 2 is 1.72 bits per heavy atom. The minimum absolute atomic E-state index is 0.177. The zero-order chi connectivity index (χ0) is 13.5. The maximum atomic E-state index is 5.97. The van der Waals surface area contributed by atoms with Gasteiger partial charge in [0.05, 0.1) is 15.7 Å². The summed E-state index contributed by atoms with van der Waals surface area (Å²) >= 11 is 11.9. The Hall–Kier alpha value is -1.26. The molecule has 96 valence electrons. The lowest BCUT2D eigenvalue weighted by Gasteiger charge is -2.10. The van der Waals surface area contributed by atoms with Gasteiger partial charge in [-0.3, -0.25) is 0 Å². The average Bonchev–Trinajstić information content (AvgIpc) is 2.73. The van der Waals surface area contributed by atoms with Crippen molar-refractivity contribution in [2.75, 3.05) is 5.73 Å². The molecule has 0 bridgehead atoms. The Bertz CT molecular complexity index is 564. The highest BCUT2D eigenvalue weighted by Gasteiger charge is 2.22.